The van der Waals surface area contributed by atoms with Gasteiger partial charge in [-0.25, -0.2) is 0 Å². The van der Waals surface area contributed by atoms with E-state index in [-0.39, 0.29) is 5.91 Å². The summed E-state index contributed by atoms with van der Waals surface area (Å²) in [6.07, 6.45) is 2.24. The molecule has 0 saturated heterocycles. The molecule has 4 nitrogen and oxygen atoms in total. The minimum absolute atomic E-state index is 0.104. The number of aromatic nitrogens is 1. The first-order valence-corrected chi connectivity index (χ1v) is 7.47. The van der Waals surface area contributed by atoms with E-state index in [9.17, 15) is 4.79 Å². The summed E-state index contributed by atoms with van der Waals surface area (Å²) in [6, 6.07) is 18.0. The topological polar surface area (TPSA) is 46.1 Å². The monoisotopic (exact) mass is 305 g/mol. The molecule has 0 saturated carbocycles. The summed E-state index contributed by atoms with van der Waals surface area (Å²) in [4.78, 5) is 12.0. The predicted molar refractivity (Wildman–Crippen MR) is 93.4 cm³/mol. The van der Waals surface area contributed by atoms with Crippen LogP contribution in [0.5, 0.6) is 0 Å². The van der Waals surface area contributed by atoms with Crippen LogP contribution in [0.25, 0.3) is 16.5 Å². The Bertz CT molecular complexity index is 858. The zero-order valence-electron chi connectivity index (χ0n) is 13.0. The van der Waals surface area contributed by atoms with Crippen molar-refractivity contribution in [1.29, 1.82) is 0 Å². The minimum atomic E-state index is -0.104. The lowest BCUT2D eigenvalue weighted by Crippen LogP contribution is -2.37. The second-order valence-electron chi connectivity index (χ2n) is 5.47. The third-order valence-electron chi connectivity index (χ3n) is 3.86. The van der Waals surface area contributed by atoms with Crippen LogP contribution in [-0.4, -0.2) is 10.5 Å². The maximum absolute atomic E-state index is 12.0. The van der Waals surface area contributed by atoms with Crippen molar-refractivity contribution in [3.8, 4) is 0 Å². The summed E-state index contributed by atoms with van der Waals surface area (Å²) in [7, 11) is 1.92. The highest BCUT2D eigenvalue weighted by Crippen LogP contribution is 2.22. The van der Waals surface area contributed by atoms with Crippen LogP contribution in [-0.2, 0) is 18.3 Å². The molecule has 0 aliphatic rings. The molecule has 2 N–H and O–H groups in total. The summed E-state index contributed by atoms with van der Waals surface area (Å²) in [5.41, 5.74) is 8.23. The van der Waals surface area contributed by atoms with E-state index in [0.717, 1.165) is 22.0 Å². The summed E-state index contributed by atoms with van der Waals surface area (Å²) in [6.45, 7) is 4.03. The number of fused-ring (bicyclic) bond motifs is 1. The fourth-order valence-corrected chi connectivity index (χ4v) is 2.59. The van der Waals surface area contributed by atoms with E-state index in [1.54, 1.807) is 0 Å². The van der Waals surface area contributed by atoms with Crippen molar-refractivity contribution < 1.29 is 4.79 Å². The highest BCUT2D eigenvalue weighted by Gasteiger charge is 2.08. The van der Waals surface area contributed by atoms with E-state index in [1.807, 2.05) is 60.3 Å². The fourth-order valence-electron chi connectivity index (χ4n) is 2.59. The van der Waals surface area contributed by atoms with E-state index >= 15 is 0 Å². The Hall–Kier alpha value is -3.01. The first kappa shape index (κ1) is 14.9. The van der Waals surface area contributed by atoms with Gasteiger partial charge in [0.05, 0.1) is 12.1 Å². The van der Waals surface area contributed by atoms with Crippen LogP contribution in [0, 0.1) is 0 Å². The molecule has 116 valence electrons. The van der Waals surface area contributed by atoms with Gasteiger partial charge in [0, 0.05) is 24.5 Å². The number of hydrogen-bond acceptors (Lipinski definition) is 2. The van der Waals surface area contributed by atoms with Crippen molar-refractivity contribution in [2.45, 2.75) is 6.42 Å². The molecule has 3 rings (SSSR count). The fraction of sp³-hybridized carbons (Fsp3) is 0.105. The lowest BCUT2D eigenvalue weighted by Gasteiger charge is -2.13. The van der Waals surface area contributed by atoms with Crippen LogP contribution in [0.4, 0.5) is 0 Å². The molecule has 0 unspecified atom stereocenters. The normalized spacial score (nSPS) is 10.5. The molecule has 1 amide bonds. The Morgan fingerprint density at radius 2 is 1.83 bits per heavy atom. The number of nitrogens with one attached hydrogen (secondary N) is 2. The summed E-state index contributed by atoms with van der Waals surface area (Å²) in [5, 5.41) is 2.24. The Morgan fingerprint density at radius 1 is 1.04 bits per heavy atom. The number of rotatable bonds is 5. The number of hydrazine groups is 1. The molecule has 0 atom stereocenters. The van der Waals surface area contributed by atoms with Crippen LogP contribution in [0.3, 0.4) is 0 Å². The molecule has 3 aromatic rings. The van der Waals surface area contributed by atoms with Crippen molar-refractivity contribution >= 4 is 22.4 Å². The number of carbonyl (C=O) groups excluding carboxylic acids is 1. The van der Waals surface area contributed by atoms with Crippen LogP contribution < -0.4 is 10.9 Å². The zero-order valence-corrected chi connectivity index (χ0v) is 13.0. The van der Waals surface area contributed by atoms with Crippen molar-refractivity contribution in [2.24, 2.45) is 7.05 Å². The van der Waals surface area contributed by atoms with Gasteiger partial charge in [-0.1, -0.05) is 49.0 Å². The zero-order chi connectivity index (χ0) is 16.2. The second kappa shape index (κ2) is 6.40. The number of hydrogen-bond donors (Lipinski definition) is 2. The summed E-state index contributed by atoms with van der Waals surface area (Å²) < 4.78 is 1.93. The second-order valence-corrected chi connectivity index (χ2v) is 5.47. The van der Waals surface area contributed by atoms with Gasteiger partial charge in [0.2, 0.25) is 5.91 Å². The number of aryl methyl sites for hydroxylation is 1. The predicted octanol–water partition coefficient (Wildman–Crippen LogP) is 3.01. The molecule has 23 heavy (non-hydrogen) atoms. The Kier molecular flexibility index (Phi) is 4.15. The largest absolute Gasteiger partial charge is 0.354 e. The van der Waals surface area contributed by atoms with Crippen molar-refractivity contribution in [3.05, 3.63) is 78.6 Å². The van der Waals surface area contributed by atoms with Gasteiger partial charge in [0.1, 0.15) is 0 Å². The molecule has 0 aliphatic carbocycles. The van der Waals surface area contributed by atoms with Gasteiger partial charge in [-0.2, -0.15) is 0 Å². The van der Waals surface area contributed by atoms with Gasteiger partial charge >= 0.3 is 0 Å². The third kappa shape index (κ3) is 3.26. The third-order valence-corrected chi connectivity index (χ3v) is 3.86. The number of carbonyl (C=O) groups is 1. The van der Waals surface area contributed by atoms with E-state index in [2.05, 4.69) is 29.6 Å². The van der Waals surface area contributed by atoms with Crippen LogP contribution in [0.15, 0.2) is 67.4 Å². The number of nitrogens with zero attached hydrogens (tertiary/aromatic N) is 1. The lowest BCUT2D eigenvalue weighted by atomic mass is 10.0. The summed E-state index contributed by atoms with van der Waals surface area (Å²) >= 11 is 0. The molecule has 0 spiro atoms. The molecule has 1 aromatic heterocycles. The molecule has 0 fully saturated rings. The van der Waals surface area contributed by atoms with Gasteiger partial charge in [0.15, 0.2) is 0 Å². The number of benzene rings is 2. The van der Waals surface area contributed by atoms with E-state index in [4.69, 9.17) is 0 Å². The Balaban J connectivity index is 1.67. The maximum Gasteiger partial charge on any atom is 0.244 e. The van der Waals surface area contributed by atoms with Gasteiger partial charge in [-0.3, -0.25) is 15.6 Å². The average molecular weight is 305 g/mol. The highest BCUT2D eigenvalue weighted by atomic mass is 16.2. The molecule has 0 aliphatic heterocycles. The minimum Gasteiger partial charge on any atom is -0.354 e. The van der Waals surface area contributed by atoms with Gasteiger partial charge in [-0.05, 0) is 22.9 Å². The van der Waals surface area contributed by atoms with E-state index in [0.29, 0.717) is 12.1 Å². The first-order chi connectivity index (χ1) is 11.1. The molecule has 4 heteroatoms. The van der Waals surface area contributed by atoms with E-state index in [1.165, 1.54) is 0 Å². The number of amides is 1. The van der Waals surface area contributed by atoms with Gasteiger partial charge in [0.25, 0.3) is 0 Å². The molecular formula is C19H19N3O. The molecular weight excluding hydrogens is 286 g/mol. The first-order valence-electron chi connectivity index (χ1n) is 7.47. The molecule has 0 bridgehead atoms. The molecule has 1 heterocycles. The standard InChI is InChI=1S/C19H19N3O/c1-14(17-11-5-8-15-7-3-4-10-18(15)17)20-21-19(23)13-16-9-6-12-22(16)2/h3-12,20H,1,13H2,2H3,(H,21,23). The lowest BCUT2D eigenvalue weighted by molar-refractivity contribution is -0.121. The van der Waals surface area contributed by atoms with Crippen molar-refractivity contribution in [2.75, 3.05) is 0 Å². The van der Waals surface area contributed by atoms with Crippen LogP contribution in [0.2, 0.25) is 0 Å². The smallest absolute Gasteiger partial charge is 0.244 e. The highest BCUT2D eigenvalue weighted by molar-refractivity contribution is 5.93. The molecule has 0 radical (unpaired) electrons. The van der Waals surface area contributed by atoms with Crippen LogP contribution >= 0.6 is 0 Å². The van der Waals surface area contributed by atoms with Crippen molar-refractivity contribution in [3.63, 3.8) is 0 Å². The van der Waals surface area contributed by atoms with Crippen molar-refractivity contribution in [1.82, 2.24) is 15.4 Å². The Labute approximate surface area is 135 Å². The van der Waals surface area contributed by atoms with Crippen LogP contribution in [0.1, 0.15) is 11.3 Å². The molecule has 2 aromatic carbocycles. The summed E-state index contributed by atoms with van der Waals surface area (Å²) in [5.74, 6) is -0.104. The van der Waals surface area contributed by atoms with Gasteiger partial charge in [-0.15, -0.1) is 0 Å². The van der Waals surface area contributed by atoms with Gasteiger partial charge < -0.3 is 4.57 Å². The van der Waals surface area contributed by atoms with E-state index < -0.39 is 0 Å². The maximum atomic E-state index is 12.0. The quantitative estimate of drug-likeness (QED) is 0.712. The Morgan fingerprint density at radius 3 is 2.61 bits per heavy atom. The average Bonchev–Trinajstić information content (AvgIpc) is 2.97. The SMILES string of the molecule is C=C(NNC(=O)Cc1cccn1C)c1cccc2ccccc12.